The fourth-order valence-corrected chi connectivity index (χ4v) is 2.23. The zero-order valence-corrected chi connectivity index (χ0v) is 10.1. The van der Waals surface area contributed by atoms with Crippen LogP contribution in [0.15, 0.2) is 24.3 Å². The molecule has 2 rings (SSSR count). The molecular weight excluding hydrogens is 198 g/mol. The van der Waals surface area contributed by atoms with Crippen LogP contribution in [0.5, 0.6) is 0 Å². The van der Waals surface area contributed by atoms with Crippen LogP contribution in [-0.4, -0.2) is 18.9 Å². The second-order valence-electron chi connectivity index (χ2n) is 4.66. The highest BCUT2D eigenvalue weighted by atomic mass is 16.1. The van der Waals surface area contributed by atoms with Gasteiger partial charge in [-0.15, -0.1) is 0 Å². The van der Waals surface area contributed by atoms with Crippen molar-refractivity contribution in [2.75, 3.05) is 18.0 Å². The van der Waals surface area contributed by atoms with Gasteiger partial charge >= 0.3 is 0 Å². The summed E-state index contributed by atoms with van der Waals surface area (Å²) >= 11 is 0. The van der Waals surface area contributed by atoms with Gasteiger partial charge in [0.25, 0.3) is 0 Å². The average Bonchev–Trinajstić information content (AvgIpc) is 2.75. The SMILES string of the molecule is CCC(=O)c1ccc(N2CCC(C)C2)cc1. The Morgan fingerprint density at radius 2 is 2.06 bits per heavy atom. The van der Waals surface area contributed by atoms with E-state index in [1.54, 1.807) is 0 Å². The molecule has 1 unspecified atom stereocenters. The van der Waals surface area contributed by atoms with Gasteiger partial charge in [-0.1, -0.05) is 13.8 Å². The Morgan fingerprint density at radius 1 is 1.38 bits per heavy atom. The Morgan fingerprint density at radius 3 is 2.56 bits per heavy atom. The third-order valence-corrected chi connectivity index (χ3v) is 3.30. The highest BCUT2D eigenvalue weighted by molar-refractivity contribution is 5.96. The summed E-state index contributed by atoms with van der Waals surface area (Å²) in [7, 11) is 0. The third kappa shape index (κ3) is 2.26. The Labute approximate surface area is 97.3 Å². The van der Waals surface area contributed by atoms with Gasteiger partial charge in [-0.3, -0.25) is 4.79 Å². The van der Waals surface area contributed by atoms with E-state index in [2.05, 4.69) is 24.0 Å². The number of benzene rings is 1. The van der Waals surface area contributed by atoms with Crippen LogP contribution in [0.4, 0.5) is 5.69 Å². The second-order valence-corrected chi connectivity index (χ2v) is 4.66. The summed E-state index contributed by atoms with van der Waals surface area (Å²) in [5, 5.41) is 0. The van der Waals surface area contributed by atoms with Crippen LogP contribution in [0.25, 0.3) is 0 Å². The molecule has 0 aliphatic carbocycles. The van der Waals surface area contributed by atoms with E-state index < -0.39 is 0 Å². The molecule has 1 aromatic carbocycles. The molecule has 0 spiro atoms. The van der Waals surface area contributed by atoms with Gasteiger partial charge in [0.1, 0.15) is 0 Å². The molecule has 86 valence electrons. The fraction of sp³-hybridized carbons (Fsp3) is 0.500. The Hall–Kier alpha value is -1.31. The molecule has 1 fully saturated rings. The Balaban J connectivity index is 2.10. The van der Waals surface area contributed by atoms with Crippen LogP contribution in [0.2, 0.25) is 0 Å². The highest BCUT2D eigenvalue weighted by Gasteiger charge is 2.18. The smallest absolute Gasteiger partial charge is 0.162 e. The van der Waals surface area contributed by atoms with Crippen LogP contribution >= 0.6 is 0 Å². The molecule has 1 aromatic rings. The summed E-state index contributed by atoms with van der Waals surface area (Å²) in [6.45, 7) is 6.47. The maximum absolute atomic E-state index is 11.5. The summed E-state index contributed by atoms with van der Waals surface area (Å²) in [6, 6.07) is 8.04. The van der Waals surface area contributed by atoms with Crippen LogP contribution in [0, 0.1) is 5.92 Å². The average molecular weight is 217 g/mol. The largest absolute Gasteiger partial charge is 0.371 e. The van der Waals surface area contributed by atoms with E-state index in [9.17, 15) is 4.79 Å². The zero-order chi connectivity index (χ0) is 11.5. The summed E-state index contributed by atoms with van der Waals surface area (Å²) in [5.74, 6) is 1.01. The normalized spacial score (nSPS) is 20.1. The van der Waals surface area contributed by atoms with Crippen molar-refractivity contribution in [2.45, 2.75) is 26.7 Å². The standard InChI is InChI=1S/C14H19NO/c1-3-14(16)12-4-6-13(7-5-12)15-9-8-11(2)10-15/h4-7,11H,3,8-10H2,1-2H3. The van der Waals surface area contributed by atoms with Crippen molar-refractivity contribution < 1.29 is 4.79 Å². The van der Waals surface area contributed by atoms with Crippen molar-refractivity contribution in [1.82, 2.24) is 0 Å². The summed E-state index contributed by atoms with van der Waals surface area (Å²) in [5.41, 5.74) is 2.08. The zero-order valence-electron chi connectivity index (χ0n) is 10.1. The summed E-state index contributed by atoms with van der Waals surface area (Å²) in [4.78, 5) is 13.9. The molecule has 2 nitrogen and oxygen atoms in total. The van der Waals surface area contributed by atoms with Gasteiger partial charge in [-0.05, 0) is 36.6 Å². The van der Waals surface area contributed by atoms with Crippen LogP contribution in [-0.2, 0) is 0 Å². The van der Waals surface area contributed by atoms with E-state index in [0.29, 0.717) is 6.42 Å². The van der Waals surface area contributed by atoms with Gasteiger partial charge in [0.2, 0.25) is 0 Å². The molecule has 1 saturated heterocycles. The molecule has 1 aliphatic heterocycles. The molecule has 0 aromatic heterocycles. The Bertz CT molecular complexity index is 369. The summed E-state index contributed by atoms with van der Waals surface area (Å²) < 4.78 is 0. The molecular formula is C14H19NO. The molecule has 1 heterocycles. The lowest BCUT2D eigenvalue weighted by Gasteiger charge is -2.18. The van der Waals surface area contributed by atoms with Crippen molar-refractivity contribution in [3.8, 4) is 0 Å². The first-order valence-electron chi connectivity index (χ1n) is 6.09. The number of rotatable bonds is 3. The Kier molecular flexibility index (Phi) is 3.28. The number of anilines is 1. The van der Waals surface area contributed by atoms with E-state index in [-0.39, 0.29) is 5.78 Å². The van der Waals surface area contributed by atoms with Crippen molar-refractivity contribution in [1.29, 1.82) is 0 Å². The van der Waals surface area contributed by atoms with Crippen LogP contribution in [0.3, 0.4) is 0 Å². The van der Waals surface area contributed by atoms with Gasteiger partial charge in [0.05, 0.1) is 0 Å². The van der Waals surface area contributed by atoms with E-state index in [1.807, 2.05) is 19.1 Å². The first kappa shape index (κ1) is 11.2. The second kappa shape index (κ2) is 4.69. The number of hydrogen-bond acceptors (Lipinski definition) is 2. The summed E-state index contributed by atoms with van der Waals surface area (Å²) in [6.07, 6.45) is 1.86. The van der Waals surface area contributed by atoms with Crippen molar-refractivity contribution >= 4 is 11.5 Å². The van der Waals surface area contributed by atoms with E-state index in [0.717, 1.165) is 24.6 Å². The van der Waals surface area contributed by atoms with Crippen LogP contribution < -0.4 is 4.90 Å². The molecule has 2 heteroatoms. The van der Waals surface area contributed by atoms with Gasteiger partial charge in [-0.25, -0.2) is 0 Å². The molecule has 0 radical (unpaired) electrons. The molecule has 16 heavy (non-hydrogen) atoms. The number of nitrogens with zero attached hydrogens (tertiary/aromatic N) is 1. The van der Waals surface area contributed by atoms with E-state index in [1.165, 1.54) is 12.1 Å². The number of hydrogen-bond donors (Lipinski definition) is 0. The molecule has 0 amide bonds. The first-order chi connectivity index (χ1) is 7.70. The third-order valence-electron chi connectivity index (χ3n) is 3.30. The number of ketones is 1. The molecule has 0 bridgehead atoms. The van der Waals surface area contributed by atoms with E-state index >= 15 is 0 Å². The highest BCUT2D eigenvalue weighted by Crippen LogP contribution is 2.23. The topological polar surface area (TPSA) is 20.3 Å². The minimum Gasteiger partial charge on any atom is -0.371 e. The van der Waals surface area contributed by atoms with Crippen molar-refractivity contribution in [3.63, 3.8) is 0 Å². The number of Topliss-reactive ketones (excluding diaryl/α,β-unsaturated/α-hetero) is 1. The first-order valence-corrected chi connectivity index (χ1v) is 6.09. The molecule has 0 N–H and O–H groups in total. The molecule has 1 aliphatic rings. The van der Waals surface area contributed by atoms with Gasteiger partial charge in [0.15, 0.2) is 5.78 Å². The molecule has 0 saturated carbocycles. The maximum Gasteiger partial charge on any atom is 0.162 e. The fourth-order valence-electron chi connectivity index (χ4n) is 2.23. The van der Waals surface area contributed by atoms with Crippen molar-refractivity contribution in [3.05, 3.63) is 29.8 Å². The van der Waals surface area contributed by atoms with Crippen LogP contribution in [0.1, 0.15) is 37.0 Å². The van der Waals surface area contributed by atoms with Crippen molar-refractivity contribution in [2.24, 2.45) is 5.92 Å². The minimum absolute atomic E-state index is 0.223. The van der Waals surface area contributed by atoms with E-state index in [4.69, 9.17) is 0 Å². The van der Waals surface area contributed by atoms with Gasteiger partial charge in [-0.2, -0.15) is 0 Å². The monoisotopic (exact) mass is 217 g/mol. The van der Waals surface area contributed by atoms with Gasteiger partial charge in [0, 0.05) is 30.8 Å². The lowest BCUT2D eigenvalue weighted by molar-refractivity contribution is 0.0988. The van der Waals surface area contributed by atoms with Gasteiger partial charge < -0.3 is 4.90 Å². The number of carbonyl (C=O) groups excluding carboxylic acids is 1. The lowest BCUT2D eigenvalue weighted by Crippen LogP contribution is -2.18. The maximum atomic E-state index is 11.5. The predicted octanol–water partition coefficient (Wildman–Crippen LogP) is 3.13. The lowest BCUT2D eigenvalue weighted by atomic mass is 10.1. The predicted molar refractivity (Wildman–Crippen MR) is 67.1 cm³/mol. The minimum atomic E-state index is 0.223. The number of carbonyl (C=O) groups is 1. The molecule has 1 atom stereocenters. The quantitative estimate of drug-likeness (QED) is 0.725.